The van der Waals surface area contributed by atoms with Gasteiger partial charge in [-0.3, -0.25) is 4.79 Å². The summed E-state index contributed by atoms with van der Waals surface area (Å²) in [6.07, 6.45) is 1.81. The van der Waals surface area contributed by atoms with Gasteiger partial charge in [-0.1, -0.05) is 25.1 Å². The minimum atomic E-state index is 0.187. The highest BCUT2D eigenvalue weighted by molar-refractivity contribution is 5.78. The minimum absolute atomic E-state index is 0.187. The SMILES string of the molecule is CCC(Cc1ccc(C)c(C)c1)C(C)=O. The van der Waals surface area contributed by atoms with Gasteiger partial charge in [0.2, 0.25) is 0 Å². The molecule has 0 fully saturated rings. The van der Waals surface area contributed by atoms with Gasteiger partial charge in [-0.05, 0) is 50.3 Å². The van der Waals surface area contributed by atoms with Crippen molar-refractivity contribution in [2.45, 2.75) is 40.5 Å². The Morgan fingerprint density at radius 1 is 1.27 bits per heavy atom. The van der Waals surface area contributed by atoms with Crippen molar-refractivity contribution in [3.05, 3.63) is 34.9 Å². The topological polar surface area (TPSA) is 17.1 Å². The Morgan fingerprint density at radius 2 is 1.93 bits per heavy atom. The number of hydrogen-bond acceptors (Lipinski definition) is 1. The predicted octanol–water partition coefficient (Wildman–Crippen LogP) is 3.46. The molecule has 0 N–H and O–H groups in total. The van der Waals surface area contributed by atoms with Crippen LogP contribution in [0, 0.1) is 19.8 Å². The van der Waals surface area contributed by atoms with E-state index in [-0.39, 0.29) is 5.92 Å². The molecular weight excluding hydrogens is 184 g/mol. The Balaban J connectivity index is 2.80. The fourth-order valence-corrected chi connectivity index (χ4v) is 1.79. The van der Waals surface area contributed by atoms with E-state index in [9.17, 15) is 4.79 Å². The summed E-state index contributed by atoms with van der Waals surface area (Å²) in [5, 5.41) is 0. The molecule has 0 radical (unpaired) electrons. The van der Waals surface area contributed by atoms with E-state index in [1.165, 1.54) is 16.7 Å². The summed E-state index contributed by atoms with van der Waals surface area (Å²) in [5.41, 5.74) is 3.90. The minimum Gasteiger partial charge on any atom is -0.300 e. The Bertz CT molecular complexity index is 352. The maximum Gasteiger partial charge on any atom is 0.133 e. The number of ketones is 1. The lowest BCUT2D eigenvalue weighted by atomic mass is 9.92. The zero-order chi connectivity index (χ0) is 11.4. The number of carbonyl (C=O) groups excluding carboxylic acids is 1. The highest BCUT2D eigenvalue weighted by Crippen LogP contribution is 2.16. The molecule has 1 aromatic rings. The fourth-order valence-electron chi connectivity index (χ4n) is 1.79. The van der Waals surface area contributed by atoms with Gasteiger partial charge >= 0.3 is 0 Å². The van der Waals surface area contributed by atoms with Gasteiger partial charge in [0.1, 0.15) is 5.78 Å². The maximum absolute atomic E-state index is 11.3. The average Bonchev–Trinajstić information content (AvgIpc) is 2.19. The number of aryl methyl sites for hydroxylation is 2. The van der Waals surface area contributed by atoms with E-state index >= 15 is 0 Å². The second kappa shape index (κ2) is 5.11. The quantitative estimate of drug-likeness (QED) is 0.734. The summed E-state index contributed by atoms with van der Waals surface area (Å²) in [4.78, 5) is 11.3. The molecule has 0 aromatic heterocycles. The van der Waals surface area contributed by atoms with E-state index in [1.54, 1.807) is 6.92 Å². The molecule has 82 valence electrons. The molecule has 0 saturated carbocycles. The van der Waals surface area contributed by atoms with Crippen molar-refractivity contribution in [1.29, 1.82) is 0 Å². The van der Waals surface area contributed by atoms with E-state index < -0.39 is 0 Å². The molecule has 1 atom stereocenters. The first-order valence-electron chi connectivity index (χ1n) is 5.61. The molecule has 0 bridgehead atoms. The van der Waals surface area contributed by atoms with Crippen LogP contribution in [0.4, 0.5) is 0 Å². The van der Waals surface area contributed by atoms with Crippen LogP contribution >= 0.6 is 0 Å². The molecule has 0 saturated heterocycles. The van der Waals surface area contributed by atoms with E-state index in [1.807, 2.05) is 0 Å². The van der Waals surface area contributed by atoms with Crippen LogP contribution in [-0.2, 0) is 11.2 Å². The number of Topliss-reactive ketones (excluding diaryl/α,β-unsaturated/α-hetero) is 1. The summed E-state index contributed by atoms with van der Waals surface area (Å²) >= 11 is 0. The molecule has 0 amide bonds. The highest BCUT2D eigenvalue weighted by Gasteiger charge is 2.12. The van der Waals surface area contributed by atoms with E-state index in [4.69, 9.17) is 0 Å². The van der Waals surface area contributed by atoms with Crippen LogP contribution in [0.15, 0.2) is 18.2 Å². The molecule has 0 aliphatic rings. The second-order valence-electron chi connectivity index (χ2n) is 4.34. The zero-order valence-corrected chi connectivity index (χ0v) is 10.1. The number of hydrogen-bond donors (Lipinski definition) is 0. The lowest BCUT2D eigenvalue weighted by Gasteiger charge is -2.12. The Kier molecular flexibility index (Phi) is 4.07. The highest BCUT2D eigenvalue weighted by atomic mass is 16.1. The number of benzene rings is 1. The van der Waals surface area contributed by atoms with Crippen LogP contribution in [-0.4, -0.2) is 5.78 Å². The normalized spacial score (nSPS) is 12.5. The van der Waals surface area contributed by atoms with Gasteiger partial charge in [0, 0.05) is 5.92 Å². The fraction of sp³-hybridized carbons (Fsp3) is 0.500. The van der Waals surface area contributed by atoms with Crippen LogP contribution < -0.4 is 0 Å². The molecule has 0 heterocycles. The monoisotopic (exact) mass is 204 g/mol. The first-order valence-corrected chi connectivity index (χ1v) is 5.61. The Labute approximate surface area is 92.5 Å². The second-order valence-corrected chi connectivity index (χ2v) is 4.34. The number of rotatable bonds is 4. The molecule has 1 nitrogen and oxygen atoms in total. The predicted molar refractivity (Wildman–Crippen MR) is 64.1 cm³/mol. The molecular formula is C14H20O. The van der Waals surface area contributed by atoms with Crippen LogP contribution in [0.2, 0.25) is 0 Å². The van der Waals surface area contributed by atoms with Gasteiger partial charge in [-0.15, -0.1) is 0 Å². The number of carbonyl (C=O) groups is 1. The summed E-state index contributed by atoms with van der Waals surface area (Å²) in [6.45, 7) is 8.00. The van der Waals surface area contributed by atoms with Crippen LogP contribution in [0.1, 0.15) is 37.0 Å². The molecule has 1 rings (SSSR count). The summed E-state index contributed by atoms with van der Waals surface area (Å²) < 4.78 is 0. The maximum atomic E-state index is 11.3. The Hall–Kier alpha value is -1.11. The molecule has 0 aliphatic carbocycles. The van der Waals surface area contributed by atoms with E-state index in [0.29, 0.717) is 5.78 Å². The van der Waals surface area contributed by atoms with Gasteiger partial charge in [0.15, 0.2) is 0 Å². The molecule has 0 aliphatic heterocycles. The first-order chi connectivity index (χ1) is 7.04. The van der Waals surface area contributed by atoms with E-state index in [2.05, 4.69) is 39.0 Å². The van der Waals surface area contributed by atoms with Crippen LogP contribution in [0.3, 0.4) is 0 Å². The van der Waals surface area contributed by atoms with Crippen molar-refractivity contribution < 1.29 is 4.79 Å². The summed E-state index contributed by atoms with van der Waals surface area (Å²) in [6, 6.07) is 6.46. The molecule has 15 heavy (non-hydrogen) atoms. The van der Waals surface area contributed by atoms with Crippen molar-refractivity contribution in [3.8, 4) is 0 Å². The van der Waals surface area contributed by atoms with E-state index in [0.717, 1.165) is 12.8 Å². The van der Waals surface area contributed by atoms with Crippen molar-refractivity contribution in [1.82, 2.24) is 0 Å². The molecule has 1 unspecified atom stereocenters. The molecule has 1 aromatic carbocycles. The third-order valence-electron chi connectivity index (χ3n) is 3.12. The van der Waals surface area contributed by atoms with Crippen molar-refractivity contribution in [3.63, 3.8) is 0 Å². The Morgan fingerprint density at radius 3 is 2.40 bits per heavy atom. The van der Waals surface area contributed by atoms with Crippen LogP contribution in [0.25, 0.3) is 0 Å². The van der Waals surface area contributed by atoms with Crippen LogP contribution in [0.5, 0.6) is 0 Å². The summed E-state index contributed by atoms with van der Waals surface area (Å²) in [5.74, 6) is 0.489. The lowest BCUT2D eigenvalue weighted by Crippen LogP contribution is -2.12. The average molecular weight is 204 g/mol. The lowest BCUT2D eigenvalue weighted by molar-refractivity contribution is -0.120. The first kappa shape index (κ1) is 12.0. The van der Waals surface area contributed by atoms with Crippen molar-refractivity contribution in [2.24, 2.45) is 5.92 Å². The molecule has 1 heteroatoms. The smallest absolute Gasteiger partial charge is 0.133 e. The van der Waals surface area contributed by atoms with Gasteiger partial charge in [-0.25, -0.2) is 0 Å². The largest absolute Gasteiger partial charge is 0.300 e. The van der Waals surface area contributed by atoms with Crippen molar-refractivity contribution in [2.75, 3.05) is 0 Å². The van der Waals surface area contributed by atoms with Gasteiger partial charge < -0.3 is 0 Å². The van der Waals surface area contributed by atoms with Crippen molar-refractivity contribution >= 4 is 5.78 Å². The van der Waals surface area contributed by atoms with Gasteiger partial charge in [-0.2, -0.15) is 0 Å². The molecule has 0 spiro atoms. The third kappa shape index (κ3) is 3.19. The third-order valence-corrected chi connectivity index (χ3v) is 3.12. The summed E-state index contributed by atoms with van der Waals surface area (Å²) in [7, 11) is 0. The standard InChI is InChI=1S/C14H20O/c1-5-14(12(4)15)9-13-7-6-10(2)11(3)8-13/h6-8,14H,5,9H2,1-4H3. The zero-order valence-electron chi connectivity index (χ0n) is 10.1. The van der Waals surface area contributed by atoms with Gasteiger partial charge in [0.05, 0.1) is 0 Å². The van der Waals surface area contributed by atoms with Gasteiger partial charge in [0.25, 0.3) is 0 Å².